The highest BCUT2D eigenvalue weighted by atomic mass is 16.5. The van der Waals surface area contributed by atoms with E-state index in [2.05, 4.69) is 31.0 Å². The summed E-state index contributed by atoms with van der Waals surface area (Å²) in [7, 11) is 1.81. The van der Waals surface area contributed by atoms with Gasteiger partial charge in [-0.05, 0) is 31.7 Å². The Labute approximate surface area is 107 Å². The average molecular weight is 242 g/mol. The second-order valence-electron chi connectivity index (χ2n) is 5.64. The van der Waals surface area contributed by atoms with E-state index in [1.807, 2.05) is 7.11 Å². The predicted molar refractivity (Wildman–Crippen MR) is 73.4 cm³/mol. The van der Waals surface area contributed by atoms with Crippen molar-refractivity contribution in [1.29, 1.82) is 0 Å². The molecule has 0 bridgehead atoms. The van der Waals surface area contributed by atoms with E-state index in [0.717, 1.165) is 31.7 Å². The van der Waals surface area contributed by atoms with Gasteiger partial charge < -0.3 is 10.1 Å². The molecule has 0 saturated heterocycles. The van der Waals surface area contributed by atoms with E-state index in [-0.39, 0.29) is 0 Å². The maximum atomic E-state index is 5.39. The lowest BCUT2D eigenvalue weighted by molar-refractivity contribution is 0.0760. The fraction of sp³-hybridized carbons (Fsp3) is 1.00. The van der Waals surface area contributed by atoms with Crippen molar-refractivity contribution >= 4 is 0 Å². The van der Waals surface area contributed by atoms with Gasteiger partial charge in [-0.1, -0.05) is 20.8 Å². The van der Waals surface area contributed by atoms with E-state index < -0.39 is 0 Å². The molecule has 0 amide bonds. The highest BCUT2D eigenvalue weighted by Gasteiger charge is 2.33. The molecular formula is C14H30N2O. The minimum Gasteiger partial charge on any atom is -0.383 e. The first-order chi connectivity index (χ1) is 8.19. The topological polar surface area (TPSA) is 24.5 Å². The Morgan fingerprint density at radius 1 is 1.35 bits per heavy atom. The minimum atomic E-state index is 0.543. The molecule has 0 aromatic heterocycles. The second-order valence-corrected chi connectivity index (χ2v) is 5.64. The maximum Gasteiger partial charge on any atom is 0.0630 e. The molecule has 0 aliphatic heterocycles. The summed E-state index contributed by atoms with van der Waals surface area (Å²) in [5, 5.41) is 3.53. The number of nitrogens with zero attached hydrogens (tertiary/aromatic N) is 1. The predicted octanol–water partition coefficient (Wildman–Crippen LogP) is 2.12. The van der Waals surface area contributed by atoms with Gasteiger partial charge in [0, 0.05) is 32.3 Å². The molecule has 1 saturated carbocycles. The van der Waals surface area contributed by atoms with Crippen molar-refractivity contribution in [3.8, 4) is 0 Å². The van der Waals surface area contributed by atoms with Gasteiger partial charge >= 0.3 is 0 Å². The molecule has 1 fully saturated rings. The Kier molecular flexibility index (Phi) is 7.09. The summed E-state index contributed by atoms with van der Waals surface area (Å²) in [5.74, 6) is 0.737. The standard InChI is InChI=1S/C14H30N2O/c1-5-8-15-9-14(11-17-4)16(10-12(2)3)13-6-7-13/h12-15H,5-11H2,1-4H3. The van der Waals surface area contributed by atoms with Crippen LogP contribution < -0.4 is 5.32 Å². The maximum absolute atomic E-state index is 5.39. The smallest absolute Gasteiger partial charge is 0.0630 e. The highest BCUT2D eigenvalue weighted by Crippen LogP contribution is 2.29. The van der Waals surface area contributed by atoms with Gasteiger partial charge in [0.15, 0.2) is 0 Å². The molecule has 0 radical (unpaired) electrons. The number of hydrogen-bond donors (Lipinski definition) is 1. The first-order valence-electron chi connectivity index (χ1n) is 7.14. The van der Waals surface area contributed by atoms with Gasteiger partial charge in [-0.15, -0.1) is 0 Å². The van der Waals surface area contributed by atoms with Crippen molar-refractivity contribution in [3.63, 3.8) is 0 Å². The molecule has 1 aliphatic rings. The highest BCUT2D eigenvalue weighted by molar-refractivity contribution is 4.90. The zero-order valence-electron chi connectivity index (χ0n) is 12.0. The molecule has 1 aliphatic carbocycles. The zero-order valence-corrected chi connectivity index (χ0v) is 12.0. The van der Waals surface area contributed by atoms with Gasteiger partial charge in [-0.2, -0.15) is 0 Å². The van der Waals surface area contributed by atoms with Gasteiger partial charge in [-0.3, -0.25) is 4.90 Å². The molecular weight excluding hydrogens is 212 g/mol. The van der Waals surface area contributed by atoms with Gasteiger partial charge in [-0.25, -0.2) is 0 Å². The van der Waals surface area contributed by atoms with Crippen molar-refractivity contribution in [3.05, 3.63) is 0 Å². The molecule has 17 heavy (non-hydrogen) atoms. The summed E-state index contributed by atoms with van der Waals surface area (Å²) in [5.41, 5.74) is 0. The van der Waals surface area contributed by atoms with E-state index >= 15 is 0 Å². The lowest BCUT2D eigenvalue weighted by atomic mass is 10.1. The van der Waals surface area contributed by atoms with Crippen molar-refractivity contribution in [2.75, 3.05) is 33.4 Å². The molecule has 0 aromatic rings. The third kappa shape index (κ3) is 5.84. The lowest BCUT2D eigenvalue weighted by Crippen LogP contribution is -2.48. The molecule has 1 atom stereocenters. The average Bonchev–Trinajstić information content (AvgIpc) is 3.09. The molecule has 1 N–H and O–H groups in total. The van der Waals surface area contributed by atoms with Crippen LogP contribution in [0.25, 0.3) is 0 Å². The summed E-state index contributed by atoms with van der Waals surface area (Å²) in [6.07, 6.45) is 3.95. The fourth-order valence-electron chi connectivity index (χ4n) is 2.33. The van der Waals surface area contributed by atoms with Crippen LogP contribution in [0.2, 0.25) is 0 Å². The number of methoxy groups -OCH3 is 1. The molecule has 3 nitrogen and oxygen atoms in total. The number of nitrogens with one attached hydrogen (secondary N) is 1. The largest absolute Gasteiger partial charge is 0.383 e. The first-order valence-corrected chi connectivity index (χ1v) is 7.14. The quantitative estimate of drug-likeness (QED) is 0.594. The van der Waals surface area contributed by atoms with Crippen LogP contribution in [-0.4, -0.2) is 50.3 Å². The van der Waals surface area contributed by atoms with Crippen LogP contribution in [0, 0.1) is 5.92 Å². The Bertz CT molecular complexity index is 193. The first kappa shape index (κ1) is 14.9. The van der Waals surface area contributed by atoms with Crippen molar-refractivity contribution < 1.29 is 4.74 Å². The normalized spacial score (nSPS) is 18.0. The van der Waals surface area contributed by atoms with Gasteiger partial charge in [0.1, 0.15) is 0 Å². The van der Waals surface area contributed by atoms with Crippen molar-refractivity contribution in [2.45, 2.75) is 52.1 Å². The molecule has 0 aromatic carbocycles. The summed E-state index contributed by atoms with van der Waals surface area (Å²) >= 11 is 0. The Hall–Kier alpha value is -0.120. The van der Waals surface area contributed by atoms with E-state index in [9.17, 15) is 0 Å². The zero-order chi connectivity index (χ0) is 12.7. The summed E-state index contributed by atoms with van der Waals surface area (Å²) < 4.78 is 5.39. The summed E-state index contributed by atoms with van der Waals surface area (Å²) in [6, 6.07) is 1.36. The Morgan fingerprint density at radius 2 is 2.06 bits per heavy atom. The number of rotatable bonds is 10. The Morgan fingerprint density at radius 3 is 2.53 bits per heavy atom. The summed E-state index contributed by atoms with van der Waals surface area (Å²) in [4.78, 5) is 2.66. The second kappa shape index (κ2) is 8.06. The van der Waals surface area contributed by atoms with Crippen molar-refractivity contribution in [1.82, 2.24) is 10.2 Å². The lowest BCUT2D eigenvalue weighted by Gasteiger charge is -2.33. The van der Waals surface area contributed by atoms with E-state index in [4.69, 9.17) is 4.74 Å². The van der Waals surface area contributed by atoms with Gasteiger partial charge in [0.05, 0.1) is 6.61 Å². The number of hydrogen-bond acceptors (Lipinski definition) is 3. The molecule has 0 spiro atoms. The number of ether oxygens (including phenoxy) is 1. The van der Waals surface area contributed by atoms with E-state index in [1.54, 1.807) is 0 Å². The molecule has 3 heteroatoms. The van der Waals surface area contributed by atoms with Crippen LogP contribution in [-0.2, 0) is 4.74 Å². The van der Waals surface area contributed by atoms with Crippen LogP contribution in [0.1, 0.15) is 40.0 Å². The molecule has 1 rings (SSSR count). The van der Waals surface area contributed by atoms with Crippen LogP contribution >= 0.6 is 0 Å². The molecule has 0 heterocycles. The SMILES string of the molecule is CCCNCC(COC)N(CC(C)C)C1CC1. The van der Waals surface area contributed by atoms with Gasteiger partial charge in [0.25, 0.3) is 0 Å². The van der Waals surface area contributed by atoms with Crippen LogP contribution in [0.15, 0.2) is 0 Å². The third-order valence-corrected chi connectivity index (χ3v) is 3.23. The monoisotopic (exact) mass is 242 g/mol. The van der Waals surface area contributed by atoms with E-state index in [1.165, 1.54) is 25.8 Å². The third-order valence-electron chi connectivity index (χ3n) is 3.23. The van der Waals surface area contributed by atoms with Crippen molar-refractivity contribution in [2.24, 2.45) is 5.92 Å². The Balaban J connectivity index is 2.44. The minimum absolute atomic E-state index is 0.543. The fourth-order valence-corrected chi connectivity index (χ4v) is 2.33. The van der Waals surface area contributed by atoms with Gasteiger partial charge in [0.2, 0.25) is 0 Å². The molecule has 102 valence electrons. The van der Waals surface area contributed by atoms with Crippen LogP contribution in [0.4, 0.5) is 0 Å². The van der Waals surface area contributed by atoms with Crippen LogP contribution in [0.3, 0.4) is 0 Å². The van der Waals surface area contributed by atoms with E-state index in [0.29, 0.717) is 6.04 Å². The van der Waals surface area contributed by atoms with Crippen LogP contribution in [0.5, 0.6) is 0 Å². The summed E-state index contributed by atoms with van der Waals surface area (Å²) in [6.45, 7) is 11.0. The molecule has 1 unspecified atom stereocenters.